The van der Waals surface area contributed by atoms with E-state index in [1.807, 2.05) is 6.08 Å². The zero-order chi connectivity index (χ0) is 35.7. The largest absolute Gasteiger partial charge is 0.394 e. The van der Waals surface area contributed by atoms with E-state index in [1.54, 1.807) is 6.08 Å². The van der Waals surface area contributed by atoms with E-state index in [1.165, 1.54) is 148 Å². The van der Waals surface area contributed by atoms with Crippen LogP contribution in [0.25, 0.3) is 0 Å². The number of unbranched alkanes of at least 4 members (excludes halogenated alkanes) is 25. The van der Waals surface area contributed by atoms with Gasteiger partial charge in [-0.25, -0.2) is 0 Å². The van der Waals surface area contributed by atoms with Gasteiger partial charge in [-0.1, -0.05) is 191 Å². The minimum atomic E-state index is -0.865. The molecule has 0 saturated heterocycles. The van der Waals surface area contributed by atoms with Crippen LogP contribution in [-0.4, -0.2) is 34.9 Å². The molecule has 0 aromatic carbocycles. The van der Waals surface area contributed by atoms with E-state index in [-0.39, 0.29) is 12.5 Å². The number of rotatable bonds is 38. The summed E-state index contributed by atoms with van der Waals surface area (Å²) in [5.74, 6) is -0.0828. The van der Waals surface area contributed by atoms with Crippen LogP contribution < -0.4 is 5.32 Å². The zero-order valence-electron chi connectivity index (χ0n) is 32.7. The minimum absolute atomic E-state index is 0.0828. The average Bonchev–Trinajstić information content (AvgIpc) is 3.10. The molecule has 2 unspecified atom stereocenters. The molecular weight excluding hydrogens is 602 g/mol. The molecule has 0 aliphatic heterocycles. The summed E-state index contributed by atoms with van der Waals surface area (Å²) in [5, 5.41) is 23.0. The first-order valence-corrected chi connectivity index (χ1v) is 21.4. The van der Waals surface area contributed by atoms with Gasteiger partial charge in [0.15, 0.2) is 0 Å². The molecular formula is C45H83NO3. The maximum atomic E-state index is 12.4. The highest BCUT2D eigenvalue weighted by atomic mass is 16.3. The normalized spacial score (nSPS) is 13.5. The number of carbonyl (C=O) groups is 1. The summed E-state index contributed by atoms with van der Waals surface area (Å²) >= 11 is 0. The first-order valence-electron chi connectivity index (χ1n) is 21.4. The maximum absolute atomic E-state index is 12.4. The summed E-state index contributed by atoms with van der Waals surface area (Å²) in [6.45, 7) is 4.27. The molecule has 2 atom stereocenters. The summed E-state index contributed by atoms with van der Waals surface area (Å²) in [4.78, 5) is 12.4. The van der Waals surface area contributed by atoms with Crippen LogP contribution in [0.4, 0.5) is 0 Å². The van der Waals surface area contributed by atoms with Gasteiger partial charge in [0.1, 0.15) is 0 Å². The van der Waals surface area contributed by atoms with Gasteiger partial charge in [0.05, 0.1) is 18.8 Å². The molecule has 1 amide bonds. The summed E-state index contributed by atoms with van der Waals surface area (Å²) in [6, 6.07) is -0.643. The molecule has 286 valence electrons. The molecule has 0 rings (SSSR count). The van der Waals surface area contributed by atoms with Crippen molar-refractivity contribution in [1.82, 2.24) is 5.32 Å². The molecule has 3 N–H and O–H groups in total. The van der Waals surface area contributed by atoms with Gasteiger partial charge in [-0.3, -0.25) is 4.79 Å². The number of allylic oxidation sites excluding steroid dienone is 7. The Labute approximate surface area is 305 Å². The Morgan fingerprint density at radius 1 is 0.490 bits per heavy atom. The molecule has 0 saturated carbocycles. The molecule has 0 spiro atoms. The lowest BCUT2D eigenvalue weighted by atomic mass is 10.0. The lowest BCUT2D eigenvalue weighted by Crippen LogP contribution is -2.45. The van der Waals surface area contributed by atoms with Crippen LogP contribution in [0.3, 0.4) is 0 Å². The van der Waals surface area contributed by atoms with Crippen molar-refractivity contribution in [2.24, 2.45) is 0 Å². The molecule has 4 nitrogen and oxygen atoms in total. The van der Waals surface area contributed by atoms with E-state index in [9.17, 15) is 15.0 Å². The van der Waals surface area contributed by atoms with Crippen molar-refractivity contribution in [3.8, 4) is 0 Å². The topological polar surface area (TPSA) is 69.6 Å². The lowest BCUT2D eigenvalue weighted by Gasteiger charge is -2.19. The van der Waals surface area contributed by atoms with Gasteiger partial charge in [-0.2, -0.15) is 0 Å². The van der Waals surface area contributed by atoms with E-state index in [4.69, 9.17) is 0 Å². The minimum Gasteiger partial charge on any atom is -0.394 e. The van der Waals surface area contributed by atoms with Gasteiger partial charge in [-0.05, 0) is 64.2 Å². The van der Waals surface area contributed by atoms with E-state index < -0.39 is 12.1 Å². The predicted molar refractivity (Wildman–Crippen MR) is 216 cm³/mol. The summed E-state index contributed by atoms with van der Waals surface area (Å²) < 4.78 is 0. The average molecular weight is 686 g/mol. The van der Waals surface area contributed by atoms with Crippen LogP contribution >= 0.6 is 0 Å². The molecule has 49 heavy (non-hydrogen) atoms. The fourth-order valence-corrected chi connectivity index (χ4v) is 6.22. The molecule has 0 aliphatic carbocycles. The Hall–Kier alpha value is -1.65. The second-order valence-electron chi connectivity index (χ2n) is 14.4. The van der Waals surface area contributed by atoms with Gasteiger partial charge in [0.2, 0.25) is 5.91 Å². The SMILES string of the molecule is CCCCC/C=C\C/C=C\CCCCCCCCCC(=O)NC(CO)C(O)/C=C/CC/C=C/CCCCCCCCCCCCCCCC. The van der Waals surface area contributed by atoms with Crippen molar-refractivity contribution in [3.05, 3.63) is 48.6 Å². The fourth-order valence-electron chi connectivity index (χ4n) is 6.22. The van der Waals surface area contributed by atoms with Crippen molar-refractivity contribution in [1.29, 1.82) is 0 Å². The summed E-state index contributed by atoms with van der Waals surface area (Å²) in [7, 11) is 0. The van der Waals surface area contributed by atoms with Gasteiger partial charge in [-0.15, -0.1) is 0 Å². The van der Waals surface area contributed by atoms with E-state index in [0.29, 0.717) is 6.42 Å². The Morgan fingerprint density at radius 2 is 0.857 bits per heavy atom. The number of carbonyl (C=O) groups excluding carboxylic acids is 1. The van der Waals surface area contributed by atoms with Crippen LogP contribution in [0.2, 0.25) is 0 Å². The highest BCUT2D eigenvalue weighted by Crippen LogP contribution is 2.14. The molecule has 0 aliphatic rings. The van der Waals surface area contributed by atoms with Gasteiger partial charge in [0, 0.05) is 6.42 Å². The molecule has 0 aromatic heterocycles. The number of aliphatic hydroxyl groups excluding tert-OH is 2. The second kappa shape index (κ2) is 40.8. The standard InChI is InChI=1S/C45H83NO3/c1-3-5-7-9-11-13-15-17-19-21-22-23-25-26-28-30-32-34-36-38-40-44(48)43(42-47)46-45(49)41-39-37-35-33-31-29-27-24-20-18-16-14-12-10-8-6-4-2/h12,14,18,20,30,32,38,40,43-44,47-48H,3-11,13,15-17,19,21-29,31,33-37,39,41-42H2,1-2H3,(H,46,49)/b14-12-,20-18-,32-30+,40-38+. The van der Waals surface area contributed by atoms with Crippen LogP contribution in [0.15, 0.2) is 48.6 Å². The Bertz CT molecular complexity index is 786. The summed E-state index contributed by atoms with van der Waals surface area (Å²) in [6.07, 6.45) is 55.0. The number of hydrogen-bond acceptors (Lipinski definition) is 3. The van der Waals surface area contributed by atoms with Crippen LogP contribution in [0.5, 0.6) is 0 Å². The van der Waals surface area contributed by atoms with Crippen LogP contribution in [0, 0.1) is 0 Å². The Balaban J connectivity index is 3.64. The predicted octanol–water partition coefficient (Wildman–Crippen LogP) is 13.2. The Morgan fingerprint density at radius 3 is 1.35 bits per heavy atom. The molecule has 0 heterocycles. The summed E-state index contributed by atoms with van der Waals surface area (Å²) in [5.41, 5.74) is 0. The molecule has 0 radical (unpaired) electrons. The highest BCUT2D eigenvalue weighted by molar-refractivity contribution is 5.76. The zero-order valence-corrected chi connectivity index (χ0v) is 32.7. The van der Waals surface area contributed by atoms with Crippen LogP contribution in [0.1, 0.15) is 213 Å². The van der Waals surface area contributed by atoms with Crippen molar-refractivity contribution in [3.63, 3.8) is 0 Å². The quantitative estimate of drug-likeness (QED) is 0.0447. The van der Waals surface area contributed by atoms with Crippen LogP contribution in [-0.2, 0) is 4.79 Å². The third-order valence-electron chi connectivity index (χ3n) is 9.53. The van der Waals surface area contributed by atoms with E-state index in [2.05, 4.69) is 55.6 Å². The van der Waals surface area contributed by atoms with E-state index >= 15 is 0 Å². The molecule has 0 fully saturated rings. The first-order chi connectivity index (χ1) is 24.2. The van der Waals surface area contributed by atoms with Crippen molar-refractivity contribution < 1.29 is 15.0 Å². The van der Waals surface area contributed by atoms with Gasteiger partial charge in [0.25, 0.3) is 0 Å². The first kappa shape index (κ1) is 47.4. The number of nitrogens with one attached hydrogen (secondary N) is 1. The van der Waals surface area contributed by atoms with Crippen molar-refractivity contribution >= 4 is 5.91 Å². The number of hydrogen-bond donors (Lipinski definition) is 3. The van der Waals surface area contributed by atoms with Gasteiger partial charge < -0.3 is 15.5 Å². The third kappa shape index (κ3) is 37.4. The molecule has 0 aromatic rings. The number of amides is 1. The third-order valence-corrected chi connectivity index (χ3v) is 9.53. The smallest absolute Gasteiger partial charge is 0.220 e. The van der Waals surface area contributed by atoms with Crippen molar-refractivity contribution in [2.45, 2.75) is 225 Å². The lowest BCUT2D eigenvalue weighted by molar-refractivity contribution is -0.123. The van der Waals surface area contributed by atoms with Gasteiger partial charge >= 0.3 is 0 Å². The highest BCUT2D eigenvalue weighted by Gasteiger charge is 2.17. The molecule has 0 bridgehead atoms. The Kier molecular flexibility index (Phi) is 39.4. The fraction of sp³-hybridized carbons (Fsp3) is 0.800. The second-order valence-corrected chi connectivity index (χ2v) is 14.4. The van der Waals surface area contributed by atoms with E-state index in [0.717, 1.165) is 44.9 Å². The molecule has 4 heteroatoms. The number of aliphatic hydroxyl groups is 2. The van der Waals surface area contributed by atoms with Crippen molar-refractivity contribution in [2.75, 3.05) is 6.61 Å². The monoisotopic (exact) mass is 686 g/mol. The maximum Gasteiger partial charge on any atom is 0.220 e.